The quantitative estimate of drug-likeness (QED) is 0.753. The van der Waals surface area contributed by atoms with Gasteiger partial charge in [-0.05, 0) is 0 Å². The predicted molar refractivity (Wildman–Crippen MR) is 71.3 cm³/mol. The van der Waals surface area contributed by atoms with E-state index in [0.717, 1.165) is 22.4 Å². The molecule has 2 aromatic rings. The van der Waals surface area contributed by atoms with Crippen molar-refractivity contribution < 1.29 is 0 Å². The van der Waals surface area contributed by atoms with E-state index in [1.165, 1.54) is 0 Å². The SMILES string of the molecule is CC(C)(C)c1nc2c[nH]cc2nc1C(C)(C)C. The van der Waals surface area contributed by atoms with Crippen molar-refractivity contribution >= 4 is 11.0 Å². The third kappa shape index (κ3) is 2.19. The standard InChI is InChI=1S/C14H21N3/c1-13(2,3)11-12(14(4,5)6)17-10-8-15-7-9(10)16-11/h7-8,15H,1-6H3. The number of fused-ring (bicyclic) bond motifs is 1. The second-order valence-corrected chi connectivity index (χ2v) is 6.65. The van der Waals surface area contributed by atoms with Crippen molar-refractivity contribution in [2.75, 3.05) is 0 Å². The van der Waals surface area contributed by atoms with Crippen LogP contribution < -0.4 is 0 Å². The molecule has 17 heavy (non-hydrogen) atoms. The van der Waals surface area contributed by atoms with E-state index >= 15 is 0 Å². The maximum atomic E-state index is 4.78. The summed E-state index contributed by atoms with van der Waals surface area (Å²) in [6.45, 7) is 13.1. The van der Waals surface area contributed by atoms with E-state index in [2.05, 4.69) is 46.5 Å². The van der Waals surface area contributed by atoms with E-state index in [-0.39, 0.29) is 10.8 Å². The number of hydrogen-bond donors (Lipinski definition) is 1. The Bertz CT molecular complexity index is 491. The van der Waals surface area contributed by atoms with Crippen LogP contribution in [0.1, 0.15) is 52.9 Å². The Morgan fingerprint density at radius 3 is 1.41 bits per heavy atom. The molecule has 92 valence electrons. The van der Waals surface area contributed by atoms with Gasteiger partial charge in [-0.25, -0.2) is 9.97 Å². The van der Waals surface area contributed by atoms with Crippen LogP contribution in [0.4, 0.5) is 0 Å². The first-order valence-electron chi connectivity index (χ1n) is 6.05. The Morgan fingerprint density at radius 1 is 0.765 bits per heavy atom. The van der Waals surface area contributed by atoms with Crippen molar-refractivity contribution in [2.45, 2.75) is 52.4 Å². The average molecular weight is 231 g/mol. The number of hydrogen-bond acceptors (Lipinski definition) is 2. The molecule has 3 nitrogen and oxygen atoms in total. The lowest BCUT2D eigenvalue weighted by atomic mass is 9.81. The first-order chi connectivity index (χ1) is 7.69. The third-order valence-corrected chi connectivity index (χ3v) is 2.81. The van der Waals surface area contributed by atoms with E-state index in [9.17, 15) is 0 Å². The number of nitrogens with zero attached hydrogens (tertiary/aromatic N) is 2. The van der Waals surface area contributed by atoms with E-state index in [4.69, 9.17) is 9.97 Å². The molecule has 0 aliphatic heterocycles. The van der Waals surface area contributed by atoms with E-state index in [1.807, 2.05) is 12.4 Å². The minimum atomic E-state index is 0.0150. The zero-order valence-corrected chi connectivity index (χ0v) is 11.5. The zero-order valence-electron chi connectivity index (χ0n) is 11.5. The van der Waals surface area contributed by atoms with Crippen LogP contribution in [-0.4, -0.2) is 15.0 Å². The molecule has 2 rings (SSSR count). The van der Waals surface area contributed by atoms with Crippen LogP contribution in [0.2, 0.25) is 0 Å². The topological polar surface area (TPSA) is 41.6 Å². The number of aromatic amines is 1. The number of nitrogens with one attached hydrogen (secondary N) is 1. The molecule has 2 heterocycles. The van der Waals surface area contributed by atoms with Gasteiger partial charge in [-0.3, -0.25) is 0 Å². The van der Waals surface area contributed by atoms with Gasteiger partial charge >= 0.3 is 0 Å². The highest BCUT2D eigenvalue weighted by Crippen LogP contribution is 2.32. The Kier molecular flexibility index (Phi) is 2.53. The maximum Gasteiger partial charge on any atom is 0.106 e. The lowest BCUT2D eigenvalue weighted by molar-refractivity contribution is 0.502. The van der Waals surface area contributed by atoms with Gasteiger partial charge in [0.15, 0.2) is 0 Å². The smallest absolute Gasteiger partial charge is 0.106 e. The largest absolute Gasteiger partial charge is 0.364 e. The Labute approximate surface area is 103 Å². The van der Waals surface area contributed by atoms with Gasteiger partial charge in [0.1, 0.15) is 11.0 Å². The fraction of sp³-hybridized carbons (Fsp3) is 0.571. The Balaban J connectivity index is 2.78. The monoisotopic (exact) mass is 231 g/mol. The fourth-order valence-corrected chi connectivity index (χ4v) is 1.92. The molecule has 3 heteroatoms. The molecule has 0 aliphatic carbocycles. The van der Waals surface area contributed by atoms with Gasteiger partial charge in [0.2, 0.25) is 0 Å². The molecule has 0 aliphatic rings. The van der Waals surface area contributed by atoms with Gasteiger partial charge in [-0.1, -0.05) is 41.5 Å². The van der Waals surface area contributed by atoms with Crippen LogP contribution in [0.3, 0.4) is 0 Å². The molecule has 0 aromatic carbocycles. The molecule has 0 saturated carbocycles. The van der Waals surface area contributed by atoms with Crippen LogP contribution in [-0.2, 0) is 10.8 Å². The molecule has 0 saturated heterocycles. The predicted octanol–water partition coefficient (Wildman–Crippen LogP) is 3.55. The van der Waals surface area contributed by atoms with Crippen LogP contribution in [0.15, 0.2) is 12.4 Å². The first-order valence-corrected chi connectivity index (χ1v) is 6.05. The summed E-state index contributed by atoms with van der Waals surface area (Å²) < 4.78 is 0. The Hall–Kier alpha value is -1.38. The zero-order chi connectivity index (χ0) is 12.8. The minimum absolute atomic E-state index is 0.0150. The third-order valence-electron chi connectivity index (χ3n) is 2.81. The lowest BCUT2D eigenvalue weighted by Gasteiger charge is -2.27. The molecule has 0 radical (unpaired) electrons. The molecule has 0 fully saturated rings. The summed E-state index contributed by atoms with van der Waals surface area (Å²) in [6.07, 6.45) is 3.81. The molecular formula is C14H21N3. The van der Waals surface area contributed by atoms with E-state index < -0.39 is 0 Å². The van der Waals surface area contributed by atoms with Gasteiger partial charge in [-0.2, -0.15) is 0 Å². The molecule has 0 bridgehead atoms. The first kappa shape index (κ1) is 12.1. The lowest BCUT2D eigenvalue weighted by Crippen LogP contribution is -2.25. The molecule has 1 N–H and O–H groups in total. The van der Waals surface area contributed by atoms with Crippen molar-refractivity contribution in [1.29, 1.82) is 0 Å². The second-order valence-electron chi connectivity index (χ2n) is 6.65. The van der Waals surface area contributed by atoms with Gasteiger partial charge in [0.25, 0.3) is 0 Å². The molecule has 0 spiro atoms. The normalized spacial score (nSPS) is 13.3. The van der Waals surface area contributed by atoms with E-state index in [0.29, 0.717) is 0 Å². The summed E-state index contributed by atoms with van der Waals surface area (Å²) in [4.78, 5) is 12.6. The van der Waals surface area contributed by atoms with E-state index in [1.54, 1.807) is 0 Å². The van der Waals surface area contributed by atoms with Crippen molar-refractivity contribution in [3.63, 3.8) is 0 Å². The second kappa shape index (κ2) is 3.56. The summed E-state index contributed by atoms with van der Waals surface area (Å²) in [6, 6.07) is 0. The summed E-state index contributed by atoms with van der Waals surface area (Å²) in [5.74, 6) is 0. The highest BCUT2D eigenvalue weighted by atomic mass is 14.9. The summed E-state index contributed by atoms with van der Waals surface area (Å²) in [5, 5.41) is 0. The highest BCUT2D eigenvalue weighted by molar-refractivity contribution is 5.74. The van der Waals surface area contributed by atoms with Gasteiger partial charge in [0, 0.05) is 23.2 Å². The van der Waals surface area contributed by atoms with Gasteiger partial charge in [-0.15, -0.1) is 0 Å². The molecular weight excluding hydrogens is 210 g/mol. The summed E-state index contributed by atoms with van der Waals surface area (Å²) in [7, 11) is 0. The van der Waals surface area contributed by atoms with Crippen LogP contribution in [0.25, 0.3) is 11.0 Å². The summed E-state index contributed by atoms with van der Waals surface area (Å²) in [5.41, 5.74) is 4.11. The highest BCUT2D eigenvalue weighted by Gasteiger charge is 2.28. The minimum Gasteiger partial charge on any atom is -0.364 e. The number of H-pyrrole nitrogens is 1. The Morgan fingerprint density at radius 2 is 1.12 bits per heavy atom. The van der Waals surface area contributed by atoms with Crippen molar-refractivity contribution in [3.05, 3.63) is 23.8 Å². The van der Waals surface area contributed by atoms with Crippen LogP contribution >= 0.6 is 0 Å². The van der Waals surface area contributed by atoms with Gasteiger partial charge in [0.05, 0.1) is 11.4 Å². The fourth-order valence-electron chi connectivity index (χ4n) is 1.92. The number of aromatic nitrogens is 3. The number of rotatable bonds is 0. The maximum absolute atomic E-state index is 4.78. The average Bonchev–Trinajstić information content (AvgIpc) is 2.59. The van der Waals surface area contributed by atoms with Crippen LogP contribution in [0, 0.1) is 0 Å². The molecule has 0 atom stereocenters. The van der Waals surface area contributed by atoms with Crippen molar-refractivity contribution in [1.82, 2.24) is 15.0 Å². The van der Waals surface area contributed by atoms with Crippen LogP contribution in [0.5, 0.6) is 0 Å². The molecule has 0 unspecified atom stereocenters. The van der Waals surface area contributed by atoms with Crippen molar-refractivity contribution in [2.24, 2.45) is 0 Å². The van der Waals surface area contributed by atoms with Gasteiger partial charge < -0.3 is 4.98 Å². The molecule has 2 aromatic heterocycles. The molecule has 0 amide bonds. The summed E-state index contributed by atoms with van der Waals surface area (Å²) >= 11 is 0. The van der Waals surface area contributed by atoms with Crippen molar-refractivity contribution in [3.8, 4) is 0 Å².